The Morgan fingerprint density at radius 1 is 0.682 bits per heavy atom. The number of rotatable bonds is 7. The molecule has 1 aromatic carbocycles. The molecule has 1 aromatic rings. The van der Waals surface area contributed by atoms with Gasteiger partial charge in [-0.2, -0.15) is 0 Å². The van der Waals surface area contributed by atoms with Crippen LogP contribution in [-0.4, -0.2) is 147 Å². The van der Waals surface area contributed by atoms with Crippen LogP contribution in [0.25, 0.3) is 5.76 Å². The Balaban J connectivity index is 1.52. The second-order valence-corrected chi connectivity index (χ2v) is 10.5. The summed E-state index contributed by atoms with van der Waals surface area (Å²) < 4.78 is 26.7. The fourth-order valence-corrected chi connectivity index (χ4v) is 5.02. The zero-order valence-electron chi connectivity index (χ0n) is 22.6. The van der Waals surface area contributed by atoms with Crippen LogP contribution in [0.15, 0.2) is 53.2 Å². The number of phenolic OH excluding ortho intramolecular Hbond substituents is 3. The Bertz CT molecular complexity index is 1340. The number of phenols is 3. The molecule has 5 rings (SSSR count). The van der Waals surface area contributed by atoms with E-state index in [4.69, 9.17) is 18.9 Å². The molecule has 0 saturated carbocycles. The third-order valence-corrected chi connectivity index (χ3v) is 7.53. The largest absolute Gasteiger partial charge is 0.571 e. The highest BCUT2D eigenvalue weighted by molar-refractivity contribution is 5.71. The quantitative estimate of drug-likeness (QED) is 0.102. The lowest BCUT2D eigenvalue weighted by atomic mass is 9.97. The van der Waals surface area contributed by atoms with Crippen LogP contribution in [0.5, 0.6) is 17.2 Å². The highest BCUT2D eigenvalue weighted by atomic mass is 16.7. The van der Waals surface area contributed by atoms with Crippen LogP contribution in [0.4, 0.5) is 0 Å². The summed E-state index contributed by atoms with van der Waals surface area (Å²) in [5.74, 6) is -3.35. The molecule has 0 spiro atoms. The fourth-order valence-electron chi connectivity index (χ4n) is 5.02. The minimum atomic E-state index is -1.82. The van der Waals surface area contributed by atoms with Crippen molar-refractivity contribution < 1.29 is 85.0 Å². The van der Waals surface area contributed by atoms with Gasteiger partial charge in [0.05, 0.1) is 30.4 Å². The molecule has 1 aliphatic carbocycles. The maximum Gasteiger partial charge on any atom is 0.305 e. The number of allylic oxidation sites excluding steroid dienone is 1. The van der Waals surface area contributed by atoms with Crippen molar-refractivity contribution in [3.05, 3.63) is 58.8 Å². The molecule has 0 bridgehead atoms. The Morgan fingerprint density at radius 3 is 1.73 bits per heavy atom. The van der Waals surface area contributed by atoms with Gasteiger partial charge in [0.15, 0.2) is 28.8 Å². The zero-order valence-corrected chi connectivity index (χ0v) is 22.6. The van der Waals surface area contributed by atoms with Crippen molar-refractivity contribution in [2.75, 3.05) is 13.2 Å². The van der Waals surface area contributed by atoms with Crippen LogP contribution in [0.2, 0.25) is 0 Å². The lowest BCUT2D eigenvalue weighted by molar-refractivity contribution is -0.291. The summed E-state index contributed by atoms with van der Waals surface area (Å²) in [6.45, 7) is -1.46. The van der Waals surface area contributed by atoms with Gasteiger partial charge in [-0.15, -0.1) is 0 Å². The van der Waals surface area contributed by atoms with Gasteiger partial charge < -0.3 is 85.0 Å². The standard InChI is InChI=1S/C27H32O17/c28-6-16-19(34)21(36)23(38)26(43-16)41-14-3-8-4-15(42-27-24(39)22(37)20(35)17(7-29)44-27)25(40-13(8)5-10(14)30)9-1-11(31)18(33)12(32)2-9/h1-5,13,16-17,19-24,26-39H,6-7H2/p+1. The van der Waals surface area contributed by atoms with Crippen molar-refractivity contribution in [1.82, 2.24) is 0 Å². The topological polar surface area (TPSA) is 292 Å². The molecule has 3 aliphatic heterocycles. The molecular formula is C27H33O17+. The number of ether oxygens (including phenoxy) is 5. The number of hydrogen-bond acceptors (Lipinski definition) is 16. The summed E-state index contributed by atoms with van der Waals surface area (Å²) in [6.07, 6.45) is -13.6. The predicted octanol–water partition coefficient (Wildman–Crippen LogP) is -3.72. The molecule has 2 fully saturated rings. The van der Waals surface area contributed by atoms with Gasteiger partial charge in [0.2, 0.25) is 24.4 Å². The Labute approximate surface area is 247 Å². The lowest BCUT2D eigenvalue weighted by Gasteiger charge is -2.40. The van der Waals surface area contributed by atoms with E-state index in [-0.39, 0.29) is 28.4 Å². The summed E-state index contributed by atoms with van der Waals surface area (Å²) in [4.78, 5) is 0. The van der Waals surface area contributed by atoms with Crippen molar-refractivity contribution in [2.45, 2.75) is 67.5 Å². The molecule has 2 saturated heterocycles. The molecule has 4 aliphatic rings. The summed E-state index contributed by atoms with van der Waals surface area (Å²) in [5.41, 5.74) is 0.242. The second kappa shape index (κ2) is 12.4. The van der Waals surface area contributed by atoms with Gasteiger partial charge in [-0.25, -0.2) is 0 Å². The summed E-state index contributed by atoms with van der Waals surface area (Å²) in [5, 5.41) is 121. The third kappa shape index (κ3) is 5.77. The fraction of sp³-hybridized carbons (Fsp3) is 0.481. The van der Waals surface area contributed by atoms with E-state index < -0.39 is 104 Å². The number of fused-ring (bicyclic) bond motifs is 1. The van der Waals surface area contributed by atoms with E-state index in [1.165, 1.54) is 18.2 Å². The van der Waals surface area contributed by atoms with Gasteiger partial charge in [-0.3, -0.25) is 0 Å². The van der Waals surface area contributed by atoms with Crippen LogP contribution in [0, 0.1) is 0 Å². The smallest absolute Gasteiger partial charge is 0.305 e. The molecular weight excluding hydrogens is 596 g/mol. The van der Waals surface area contributed by atoms with E-state index in [0.29, 0.717) is 0 Å². The summed E-state index contributed by atoms with van der Waals surface area (Å²) in [6, 6.07) is 2.08. The normalized spacial score (nSPS) is 37.3. The molecule has 17 heteroatoms. The Kier molecular flexibility index (Phi) is 8.96. The highest BCUT2D eigenvalue weighted by Crippen LogP contribution is 2.42. The maximum atomic E-state index is 10.7. The molecule has 0 amide bonds. The molecule has 3 heterocycles. The first-order valence-electron chi connectivity index (χ1n) is 13.3. The van der Waals surface area contributed by atoms with Crippen LogP contribution in [0.3, 0.4) is 0 Å². The molecule has 11 unspecified atom stereocenters. The predicted molar refractivity (Wildman–Crippen MR) is 141 cm³/mol. The van der Waals surface area contributed by atoms with Gasteiger partial charge in [-0.1, -0.05) is 0 Å². The first-order chi connectivity index (χ1) is 20.8. The van der Waals surface area contributed by atoms with Gasteiger partial charge in [0, 0.05) is 18.2 Å². The monoisotopic (exact) mass is 629 g/mol. The molecule has 44 heavy (non-hydrogen) atoms. The van der Waals surface area contributed by atoms with Crippen molar-refractivity contribution in [3.63, 3.8) is 0 Å². The first kappa shape index (κ1) is 31.8. The Hall–Kier alpha value is -3.62. The van der Waals surface area contributed by atoms with Gasteiger partial charge in [0.25, 0.3) is 0 Å². The minimum Gasteiger partial charge on any atom is -0.571 e. The zero-order chi connectivity index (χ0) is 32.0. The van der Waals surface area contributed by atoms with E-state index in [9.17, 15) is 61.3 Å². The van der Waals surface area contributed by atoms with E-state index in [0.717, 1.165) is 12.1 Å². The number of hydrogen-bond donors (Lipinski definition) is 12. The van der Waals surface area contributed by atoms with Crippen LogP contribution in [0.1, 0.15) is 5.56 Å². The number of benzene rings is 1. The van der Waals surface area contributed by atoms with Crippen LogP contribution in [-0.2, 0) is 18.9 Å². The molecule has 0 radical (unpaired) electrons. The third-order valence-electron chi connectivity index (χ3n) is 7.53. The molecule has 242 valence electrons. The SMILES string of the molecule is OCC1OC(OC2=CC3=CC(OC4OC(CO)C(O)C(O)C4O)=C(c4cc(O)c(O)c(O)c4)[OH+]C3C=C2O)C(O)C(O)C1O. The van der Waals surface area contributed by atoms with Crippen molar-refractivity contribution in [1.29, 1.82) is 0 Å². The van der Waals surface area contributed by atoms with Crippen LogP contribution >= 0.6 is 0 Å². The van der Waals surface area contributed by atoms with Crippen molar-refractivity contribution in [2.24, 2.45) is 0 Å². The highest BCUT2D eigenvalue weighted by Gasteiger charge is 2.47. The van der Waals surface area contributed by atoms with E-state index in [2.05, 4.69) is 4.74 Å². The number of aromatic hydroxyl groups is 3. The average molecular weight is 630 g/mol. The van der Waals surface area contributed by atoms with Crippen molar-refractivity contribution in [3.8, 4) is 17.2 Å². The van der Waals surface area contributed by atoms with Crippen LogP contribution < -0.4 is 0 Å². The summed E-state index contributed by atoms with van der Waals surface area (Å²) >= 11 is 0. The van der Waals surface area contributed by atoms with Gasteiger partial charge in [0.1, 0.15) is 48.8 Å². The summed E-state index contributed by atoms with van der Waals surface area (Å²) in [7, 11) is 0. The van der Waals surface area contributed by atoms with Gasteiger partial charge in [-0.05, 0) is 6.08 Å². The molecule has 17 nitrogen and oxygen atoms in total. The molecule has 11 atom stereocenters. The van der Waals surface area contributed by atoms with E-state index >= 15 is 0 Å². The average Bonchev–Trinajstić information content (AvgIpc) is 3.00. The van der Waals surface area contributed by atoms with E-state index in [1.54, 1.807) is 0 Å². The van der Waals surface area contributed by atoms with E-state index in [1.807, 2.05) is 0 Å². The van der Waals surface area contributed by atoms with Crippen molar-refractivity contribution >= 4 is 5.76 Å². The maximum absolute atomic E-state index is 10.7. The number of aliphatic hydroxyl groups is 11. The second-order valence-electron chi connectivity index (χ2n) is 10.5. The first-order valence-corrected chi connectivity index (χ1v) is 13.3. The van der Waals surface area contributed by atoms with Gasteiger partial charge >= 0.3 is 5.76 Å². The molecule has 0 aromatic heterocycles. The molecule has 13 N–H and O–H groups in total. The lowest BCUT2D eigenvalue weighted by Crippen LogP contribution is -2.59. The number of aliphatic hydroxyl groups excluding tert-OH is 9. The Morgan fingerprint density at radius 2 is 1.20 bits per heavy atom. The minimum absolute atomic E-state index is 0.00655.